The maximum atomic E-state index is 11.7. The molecular formula is C15H18ClNO4. The van der Waals surface area contributed by atoms with Crippen LogP contribution >= 0.6 is 11.6 Å². The second-order valence-corrected chi connectivity index (χ2v) is 4.97. The van der Waals surface area contributed by atoms with Crippen LogP contribution in [0, 0.1) is 0 Å². The molecule has 0 aliphatic heterocycles. The molecule has 0 saturated carbocycles. The van der Waals surface area contributed by atoms with Crippen LogP contribution in [0.2, 0.25) is 5.02 Å². The van der Waals surface area contributed by atoms with Crippen LogP contribution in [0.5, 0.6) is 0 Å². The van der Waals surface area contributed by atoms with Crippen molar-refractivity contribution in [1.82, 2.24) is 0 Å². The van der Waals surface area contributed by atoms with E-state index in [9.17, 15) is 9.59 Å². The number of benzene rings is 1. The van der Waals surface area contributed by atoms with Gasteiger partial charge in [0.2, 0.25) is 0 Å². The summed E-state index contributed by atoms with van der Waals surface area (Å²) in [4.78, 5) is 22.6. The predicted molar refractivity (Wildman–Crippen MR) is 81.3 cm³/mol. The van der Waals surface area contributed by atoms with Gasteiger partial charge < -0.3 is 15.2 Å². The van der Waals surface area contributed by atoms with Gasteiger partial charge >= 0.3 is 11.9 Å². The minimum absolute atomic E-state index is 0.217. The SMILES string of the molecule is CCC(C)OC(=O)C=C(CC(=O)O)Nc1cccc(Cl)c1. The van der Waals surface area contributed by atoms with Crippen molar-refractivity contribution in [3.63, 3.8) is 0 Å². The number of carbonyl (C=O) groups excluding carboxylic acids is 1. The zero-order valence-corrected chi connectivity index (χ0v) is 12.7. The first-order valence-corrected chi connectivity index (χ1v) is 6.94. The number of ether oxygens (including phenoxy) is 1. The van der Waals surface area contributed by atoms with Gasteiger partial charge in [-0.3, -0.25) is 4.79 Å². The Morgan fingerprint density at radius 3 is 2.76 bits per heavy atom. The Morgan fingerprint density at radius 2 is 2.19 bits per heavy atom. The molecule has 0 fully saturated rings. The summed E-state index contributed by atoms with van der Waals surface area (Å²) in [5.41, 5.74) is 0.837. The maximum Gasteiger partial charge on any atom is 0.332 e. The average Bonchev–Trinajstić information content (AvgIpc) is 2.37. The van der Waals surface area contributed by atoms with Gasteiger partial charge in [0.1, 0.15) is 0 Å². The van der Waals surface area contributed by atoms with Crippen molar-refractivity contribution in [2.75, 3.05) is 5.32 Å². The van der Waals surface area contributed by atoms with E-state index in [0.717, 1.165) is 6.08 Å². The van der Waals surface area contributed by atoms with Gasteiger partial charge in [-0.25, -0.2) is 4.79 Å². The summed E-state index contributed by atoms with van der Waals surface area (Å²) in [6.07, 6.45) is 1.31. The first-order chi connectivity index (χ1) is 9.90. The number of rotatable bonds is 7. The summed E-state index contributed by atoms with van der Waals surface area (Å²) in [5, 5.41) is 12.3. The van der Waals surface area contributed by atoms with Gasteiger partial charge in [-0.15, -0.1) is 0 Å². The monoisotopic (exact) mass is 311 g/mol. The molecule has 21 heavy (non-hydrogen) atoms. The summed E-state index contributed by atoms with van der Waals surface area (Å²) >= 11 is 5.86. The van der Waals surface area contributed by atoms with E-state index >= 15 is 0 Å². The molecular weight excluding hydrogens is 294 g/mol. The number of carboxylic acid groups (broad SMARTS) is 1. The number of hydrogen-bond donors (Lipinski definition) is 2. The quantitative estimate of drug-likeness (QED) is 0.596. The van der Waals surface area contributed by atoms with Crippen molar-refractivity contribution >= 4 is 29.2 Å². The molecule has 114 valence electrons. The van der Waals surface area contributed by atoms with E-state index in [1.807, 2.05) is 6.92 Å². The number of esters is 1. The molecule has 0 bridgehead atoms. The summed E-state index contributed by atoms with van der Waals surface area (Å²) < 4.78 is 5.10. The Morgan fingerprint density at radius 1 is 1.48 bits per heavy atom. The highest BCUT2D eigenvalue weighted by Crippen LogP contribution is 2.18. The number of halogens is 1. The topological polar surface area (TPSA) is 75.6 Å². The van der Waals surface area contributed by atoms with Crippen molar-refractivity contribution in [1.29, 1.82) is 0 Å². The van der Waals surface area contributed by atoms with E-state index in [1.165, 1.54) is 0 Å². The highest BCUT2D eigenvalue weighted by atomic mass is 35.5. The van der Waals surface area contributed by atoms with Gasteiger partial charge in [0.15, 0.2) is 0 Å². The number of aliphatic carboxylic acids is 1. The van der Waals surface area contributed by atoms with Gasteiger partial charge in [-0.05, 0) is 31.5 Å². The fourth-order valence-corrected chi connectivity index (χ4v) is 1.69. The Bertz CT molecular complexity index is 542. The lowest BCUT2D eigenvalue weighted by atomic mass is 10.2. The number of carbonyl (C=O) groups is 2. The minimum Gasteiger partial charge on any atom is -0.481 e. The number of hydrogen-bond acceptors (Lipinski definition) is 4. The first-order valence-electron chi connectivity index (χ1n) is 6.56. The van der Waals surface area contributed by atoms with Crippen LogP contribution in [-0.4, -0.2) is 23.1 Å². The Hall–Kier alpha value is -2.01. The van der Waals surface area contributed by atoms with Gasteiger partial charge in [0.05, 0.1) is 12.5 Å². The van der Waals surface area contributed by atoms with Crippen molar-refractivity contribution in [3.8, 4) is 0 Å². The van der Waals surface area contributed by atoms with Crippen molar-refractivity contribution in [2.24, 2.45) is 0 Å². The number of carboxylic acids is 1. The van der Waals surface area contributed by atoms with Crippen LogP contribution < -0.4 is 5.32 Å². The van der Waals surface area contributed by atoms with E-state index in [0.29, 0.717) is 17.1 Å². The zero-order chi connectivity index (χ0) is 15.8. The summed E-state index contributed by atoms with van der Waals surface area (Å²) in [6, 6.07) is 6.78. The molecule has 1 unspecified atom stereocenters. The molecule has 1 rings (SSSR count). The van der Waals surface area contributed by atoms with E-state index in [1.54, 1.807) is 31.2 Å². The molecule has 1 aromatic carbocycles. The van der Waals surface area contributed by atoms with Crippen molar-refractivity contribution in [2.45, 2.75) is 32.8 Å². The fraction of sp³-hybridized carbons (Fsp3) is 0.333. The molecule has 0 amide bonds. The van der Waals surface area contributed by atoms with E-state index in [-0.39, 0.29) is 18.2 Å². The molecule has 2 N–H and O–H groups in total. The highest BCUT2D eigenvalue weighted by molar-refractivity contribution is 6.30. The molecule has 0 saturated heterocycles. The molecule has 0 spiro atoms. The van der Waals surface area contributed by atoms with Gasteiger partial charge in [-0.2, -0.15) is 0 Å². The molecule has 0 aliphatic carbocycles. The highest BCUT2D eigenvalue weighted by Gasteiger charge is 2.10. The standard InChI is InChI=1S/C15H18ClNO4/c1-3-10(2)21-15(20)9-13(8-14(18)19)17-12-6-4-5-11(16)7-12/h4-7,9-10,17H,3,8H2,1-2H3,(H,18,19). The van der Waals surface area contributed by atoms with Crippen LogP contribution in [0.4, 0.5) is 5.69 Å². The molecule has 0 aliphatic rings. The minimum atomic E-state index is -1.05. The fourth-order valence-electron chi connectivity index (χ4n) is 1.50. The Balaban J connectivity index is 2.84. The second-order valence-electron chi connectivity index (χ2n) is 4.53. The predicted octanol–water partition coefficient (Wildman–Crippen LogP) is 3.45. The molecule has 1 aromatic rings. The normalized spacial score (nSPS) is 12.6. The summed E-state index contributed by atoms with van der Waals surface area (Å²) in [6.45, 7) is 3.66. The average molecular weight is 312 g/mol. The van der Waals surface area contributed by atoms with Crippen LogP contribution in [-0.2, 0) is 14.3 Å². The lowest BCUT2D eigenvalue weighted by Gasteiger charge is -2.12. The molecule has 5 nitrogen and oxygen atoms in total. The molecule has 6 heteroatoms. The zero-order valence-electron chi connectivity index (χ0n) is 11.9. The van der Waals surface area contributed by atoms with E-state index in [4.69, 9.17) is 21.4 Å². The summed E-state index contributed by atoms with van der Waals surface area (Å²) in [7, 11) is 0. The van der Waals surface area contributed by atoms with E-state index < -0.39 is 11.9 Å². The van der Waals surface area contributed by atoms with Crippen LogP contribution in [0.1, 0.15) is 26.7 Å². The van der Waals surface area contributed by atoms with Crippen molar-refractivity contribution < 1.29 is 19.4 Å². The second kappa shape index (κ2) is 8.32. The van der Waals surface area contributed by atoms with Crippen LogP contribution in [0.3, 0.4) is 0 Å². The third-order valence-corrected chi connectivity index (χ3v) is 2.89. The van der Waals surface area contributed by atoms with Gasteiger partial charge in [-0.1, -0.05) is 24.6 Å². The first kappa shape index (κ1) is 17.0. The molecule has 0 heterocycles. The number of anilines is 1. The molecule has 1 atom stereocenters. The summed E-state index contributed by atoms with van der Waals surface area (Å²) in [5.74, 6) is -1.62. The molecule has 0 radical (unpaired) electrons. The van der Waals surface area contributed by atoms with Crippen LogP contribution in [0.25, 0.3) is 0 Å². The smallest absolute Gasteiger partial charge is 0.332 e. The Labute approximate surface area is 128 Å². The lowest BCUT2D eigenvalue weighted by molar-refractivity contribution is -0.142. The van der Waals surface area contributed by atoms with Crippen LogP contribution in [0.15, 0.2) is 36.0 Å². The third-order valence-electron chi connectivity index (χ3n) is 2.66. The maximum absolute atomic E-state index is 11.7. The largest absolute Gasteiger partial charge is 0.481 e. The lowest BCUT2D eigenvalue weighted by Crippen LogP contribution is -2.14. The third kappa shape index (κ3) is 6.81. The Kier molecular flexibility index (Phi) is 6.75. The van der Waals surface area contributed by atoms with Gasteiger partial charge in [0, 0.05) is 22.5 Å². The number of nitrogens with one attached hydrogen (secondary N) is 1. The van der Waals surface area contributed by atoms with E-state index in [2.05, 4.69) is 5.32 Å². The van der Waals surface area contributed by atoms with Crippen molar-refractivity contribution in [3.05, 3.63) is 41.1 Å². The molecule has 0 aromatic heterocycles. The van der Waals surface area contributed by atoms with Gasteiger partial charge in [0.25, 0.3) is 0 Å².